The van der Waals surface area contributed by atoms with E-state index in [0.29, 0.717) is 0 Å². The van der Waals surface area contributed by atoms with Crippen molar-refractivity contribution in [2.75, 3.05) is 0 Å². The maximum Gasteiger partial charge on any atom is 0.306 e. The first-order valence-corrected chi connectivity index (χ1v) is 11.1. The molecule has 0 aromatic carbocycles. The molecule has 1 atom stereocenters. The van der Waals surface area contributed by atoms with Crippen LogP contribution in [0.4, 0.5) is 0 Å². The van der Waals surface area contributed by atoms with Crippen LogP contribution in [0.25, 0.3) is 0 Å². The van der Waals surface area contributed by atoms with Gasteiger partial charge in [-0.15, -0.1) is 0 Å². The number of unbranched alkanes of at least 4 members (excludes halogenated alkanes) is 14. The van der Waals surface area contributed by atoms with Gasteiger partial charge in [0.05, 0.1) is 5.92 Å². The van der Waals surface area contributed by atoms with Crippen LogP contribution in [0.1, 0.15) is 123 Å². The molecule has 2 nitrogen and oxygen atoms in total. The topological polar surface area (TPSA) is 37.3 Å². The van der Waals surface area contributed by atoms with Crippen LogP contribution in [0.3, 0.4) is 0 Å². The van der Waals surface area contributed by atoms with Crippen LogP contribution in [0.5, 0.6) is 0 Å². The second-order valence-electron chi connectivity index (χ2n) is 7.67. The van der Waals surface area contributed by atoms with Crippen molar-refractivity contribution in [1.29, 1.82) is 0 Å². The van der Waals surface area contributed by atoms with Gasteiger partial charge in [-0.3, -0.25) is 4.79 Å². The largest absolute Gasteiger partial charge is 0.481 e. The van der Waals surface area contributed by atoms with E-state index in [-0.39, 0.29) is 5.92 Å². The molecule has 2 heteroatoms. The number of aliphatic carboxylic acids is 1. The van der Waals surface area contributed by atoms with E-state index in [1.54, 1.807) is 0 Å². The highest BCUT2D eigenvalue weighted by Crippen LogP contribution is 2.14. The van der Waals surface area contributed by atoms with Crippen molar-refractivity contribution in [3.05, 3.63) is 12.2 Å². The van der Waals surface area contributed by atoms with Crippen molar-refractivity contribution in [1.82, 2.24) is 0 Å². The van der Waals surface area contributed by atoms with Gasteiger partial charge in [-0.25, -0.2) is 0 Å². The molecule has 0 heterocycles. The molecule has 0 amide bonds. The summed E-state index contributed by atoms with van der Waals surface area (Å²) in [7, 11) is 0. The molecule has 148 valence electrons. The van der Waals surface area contributed by atoms with Gasteiger partial charge in [0.15, 0.2) is 0 Å². The number of hydrogen-bond acceptors (Lipinski definition) is 1. The standard InChI is InChI=1S/C23H44O2/c1-3-4-5-6-7-8-9-10-11-12-13-14-15-16-17-18-19-20-21-22(2)23(24)25/h10-11,22H,3-9,12-21H2,1-2H3,(H,24,25)/b11-10-. The smallest absolute Gasteiger partial charge is 0.306 e. The van der Waals surface area contributed by atoms with E-state index in [1.807, 2.05) is 6.92 Å². The maximum atomic E-state index is 10.7. The molecule has 0 radical (unpaired) electrons. The lowest BCUT2D eigenvalue weighted by atomic mass is 10.0. The van der Waals surface area contributed by atoms with E-state index in [4.69, 9.17) is 5.11 Å². The first kappa shape index (κ1) is 24.2. The average molecular weight is 353 g/mol. The summed E-state index contributed by atoms with van der Waals surface area (Å²) in [6, 6.07) is 0. The number of carboxylic acids is 1. The highest BCUT2D eigenvalue weighted by atomic mass is 16.4. The minimum atomic E-state index is -0.652. The Kier molecular flexibility index (Phi) is 18.9. The maximum absolute atomic E-state index is 10.7. The Morgan fingerprint density at radius 2 is 1.12 bits per heavy atom. The molecule has 0 rings (SSSR count). The average Bonchev–Trinajstić information content (AvgIpc) is 2.60. The first-order valence-electron chi connectivity index (χ1n) is 11.1. The number of rotatable bonds is 19. The van der Waals surface area contributed by atoms with Gasteiger partial charge in [0.1, 0.15) is 0 Å². The lowest BCUT2D eigenvalue weighted by Gasteiger charge is -2.05. The van der Waals surface area contributed by atoms with Crippen LogP contribution < -0.4 is 0 Å². The Labute approximate surface area is 157 Å². The number of carboxylic acid groups (broad SMARTS) is 1. The molecule has 0 aliphatic heterocycles. The minimum absolute atomic E-state index is 0.172. The molecule has 1 unspecified atom stereocenters. The van der Waals surface area contributed by atoms with E-state index >= 15 is 0 Å². The van der Waals surface area contributed by atoms with E-state index in [1.165, 1.54) is 96.3 Å². The van der Waals surface area contributed by atoms with E-state index in [0.717, 1.165) is 12.8 Å². The molecule has 0 saturated heterocycles. The molecule has 0 aromatic heterocycles. The molecule has 0 fully saturated rings. The predicted molar refractivity (Wildman–Crippen MR) is 110 cm³/mol. The zero-order chi connectivity index (χ0) is 18.6. The third-order valence-corrected chi connectivity index (χ3v) is 5.07. The Morgan fingerprint density at radius 1 is 0.720 bits per heavy atom. The van der Waals surface area contributed by atoms with Crippen LogP contribution in [0.15, 0.2) is 12.2 Å². The van der Waals surface area contributed by atoms with Crippen LogP contribution in [-0.4, -0.2) is 11.1 Å². The Bertz CT molecular complexity index is 309. The zero-order valence-corrected chi connectivity index (χ0v) is 17.1. The molecule has 0 aliphatic carbocycles. The minimum Gasteiger partial charge on any atom is -0.481 e. The third kappa shape index (κ3) is 19.4. The monoisotopic (exact) mass is 352 g/mol. The summed E-state index contributed by atoms with van der Waals surface area (Å²) in [5.41, 5.74) is 0. The van der Waals surface area contributed by atoms with E-state index < -0.39 is 5.97 Å². The van der Waals surface area contributed by atoms with Crippen molar-refractivity contribution >= 4 is 5.97 Å². The van der Waals surface area contributed by atoms with E-state index in [9.17, 15) is 4.79 Å². The summed E-state index contributed by atoms with van der Waals surface area (Å²) < 4.78 is 0. The van der Waals surface area contributed by atoms with Crippen molar-refractivity contribution < 1.29 is 9.90 Å². The molecule has 0 spiro atoms. The van der Waals surface area contributed by atoms with Crippen LogP contribution in [0, 0.1) is 5.92 Å². The summed E-state index contributed by atoms with van der Waals surface area (Å²) in [6.07, 6.45) is 26.7. The summed E-state index contributed by atoms with van der Waals surface area (Å²) in [4.78, 5) is 10.7. The second kappa shape index (κ2) is 19.5. The lowest BCUT2D eigenvalue weighted by Crippen LogP contribution is -2.08. The van der Waals surface area contributed by atoms with Gasteiger partial charge >= 0.3 is 5.97 Å². The quantitative estimate of drug-likeness (QED) is 0.189. The second-order valence-corrected chi connectivity index (χ2v) is 7.67. The molecule has 0 aliphatic rings. The van der Waals surface area contributed by atoms with Crippen LogP contribution in [0.2, 0.25) is 0 Å². The van der Waals surface area contributed by atoms with Crippen molar-refractivity contribution in [3.63, 3.8) is 0 Å². The van der Waals surface area contributed by atoms with Gasteiger partial charge in [0, 0.05) is 0 Å². The van der Waals surface area contributed by atoms with Gasteiger partial charge in [-0.1, -0.05) is 103 Å². The highest BCUT2D eigenvalue weighted by molar-refractivity contribution is 5.69. The Hall–Kier alpha value is -0.790. The molecular formula is C23H44O2. The SMILES string of the molecule is CCCCCCCC/C=C\CCCCCCCCCCC(C)C(=O)O. The van der Waals surface area contributed by atoms with Crippen LogP contribution >= 0.6 is 0 Å². The number of hydrogen-bond donors (Lipinski definition) is 1. The fraction of sp³-hybridized carbons (Fsp3) is 0.870. The molecule has 0 aromatic rings. The molecular weight excluding hydrogens is 308 g/mol. The van der Waals surface area contributed by atoms with Crippen molar-refractivity contribution in [3.8, 4) is 0 Å². The number of allylic oxidation sites excluding steroid dienone is 2. The first-order chi connectivity index (χ1) is 12.2. The zero-order valence-electron chi connectivity index (χ0n) is 17.1. The van der Waals surface area contributed by atoms with Gasteiger partial charge in [0.2, 0.25) is 0 Å². The van der Waals surface area contributed by atoms with Gasteiger partial charge < -0.3 is 5.11 Å². The third-order valence-electron chi connectivity index (χ3n) is 5.07. The molecule has 0 bridgehead atoms. The Balaban J connectivity index is 3.13. The predicted octanol–water partition coefficient (Wildman–Crippen LogP) is 7.91. The summed E-state index contributed by atoms with van der Waals surface area (Å²) >= 11 is 0. The summed E-state index contributed by atoms with van der Waals surface area (Å²) in [5.74, 6) is -0.824. The van der Waals surface area contributed by atoms with Crippen molar-refractivity contribution in [2.24, 2.45) is 5.92 Å². The summed E-state index contributed by atoms with van der Waals surface area (Å²) in [6.45, 7) is 4.08. The van der Waals surface area contributed by atoms with Gasteiger partial charge in [0.25, 0.3) is 0 Å². The number of carbonyl (C=O) groups is 1. The van der Waals surface area contributed by atoms with E-state index in [2.05, 4.69) is 19.1 Å². The van der Waals surface area contributed by atoms with Crippen molar-refractivity contribution in [2.45, 2.75) is 123 Å². The highest BCUT2D eigenvalue weighted by Gasteiger charge is 2.09. The molecule has 1 N–H and O–H groups in total. The normalized spacial score (nSPS) is 12.7. The fourth-order valence-electron chi connectivity index (χ4n) is 3.18. The molecule has 25 heavy (non-hydrogen) atoms. The van der Waals surface area contributed by atoms with Gasteiger partial charge in [-0.05, 0) is 32.1 Å². The fourth-order valence-corrected chi connectivity index (χ4v) is 3.18. The summed E-state index contributed by atoms with van der Waals surface area (Å²) in [5, 5.41) is 8.82. The Morgan fingerprint density at radius 3 is 1.56 bits per heavy atom. The van der Waals surface area contributed by atoms with Crippen LogP contribution in [-0.2, 0) is 4.79 Å². The molecule has 0 saturated carbocycles. The van der Waals surface area contributed by atoms with Gasteiger partial charge in [-0.2, -0.15) is 0 Å². The lowest BCUT2D eigenvalue weighted by molar-refractivity contribution is -0.141.